The Kier molecular flexibility index (Phi) is 6.51. The van der Waals surface area contributed by atoms with Crippen LogP contribution >= 0.6 is 0 Å². The highest BCUT2D eigenvalue weighted by molar-refractivity contribution is 5.67. The minimum atomic E-state index is 0.379. The zero-order valence-corrected chi connectivity index (χ0v) is 21.1. The van der Waals surface area contributed by atoms with Crippen LogP contribution in [0.1, 0.15) is 11.5 Å². The third-order valence-electron chi connectivity index (χ3n) is 6.15. The van der Waals surface area contributed by atoms with Crippen LogP contribution < -0.4 is 23.8 Å². The largest absolute Gasteiger partial charge is 0.493 e. The van der Waals surface area contributed by atoms with Gasteiger partial charge in [0.15, 0.2) is 22.8 Å². The summed E-state index contributed by atoms with van der Waals surface area (Å²) in [5.74, 6) is 3.58. The Morgan fingerprint density at radius 2 is 1.53 bits per heavy atom. The SMILES string of the molecule is COc1cc(Oc2nc(-c3ccc(N4CCOCC4)cc3)nn3c(C)nc(C)c23)cc(OC)c1OC. The Hall–Kier alpha value is -4.05. The van der Waals surface area contributed by atoms with Crippen molar-refractivity contribution in [2.24, 2.45) is 0 Å². The summed E-state index contributed by atoms with van der Waals surface area (Å²) in [4.78, 5) is 11.7. The molecule has 0 aliphatic carbocycles. The average molecular weight is 492 g/mol. The Labute approximate surface area is 209 Å². The number of fused-ring (bicyclic) bond motifs is 1. The van der Waals surface area contributed by atoms with Gasteiger partial charge in [-0.15, -0.1) is 5.10 Å². The molecule has 2 aromatic heterocycles. The van der Waals surface area contributed by atoms with Gasteiger partial charge in [-0.2, -0.15) is 4.98 Å². The summed E-state index contributed by atoms with van der Waals surface area (Å²) in [5, 5.41) is 4.77. The zero-order chi connectivity index (χ0) is 25.2. The number of imidazole rings is 1. The number of hydrogen-bond donors (Lipinski definition) is 0. The summed E-state index contributed by atoms with van der Waals surface area (Å²) in [5.41, 5.74) is 3.47. The highest BCUT2D eigenvalue weighted by atomic mass is 16.5. The maximum absolute atomic E-state index is 6.30. The lowest BCUT2D eigenvalue weighted by Crippen LogP contribution is -2.36. The van der Waals surface area contributed by atoms with Gasteiger partial charge in [0.25, 0.3) is 0 Å². The van der Waals surface area contributed by atoms with Crippen LogP contribution in [-0.4, -0.2) is 67.2 Å². The van der Waals surface area contributed by atoms with E-state index in [1.165, 1.54) is 0 Å². The molecule has 1 aliphatic heterocycles. The lowest BCUT2D eigenvalue weighted by Gasteiger charge is -2.28. The molecule has 10 nitrogen and oxygen atoms in total. The van der Waals surface area contributed by atoms with Crippen molar-refractivity contribution in [1.29, 1.82) is 0 Å². The van der Waals surface area contributed by atoms with Gasteiger partial charge in [-0.25, -0.2) is 9.50 Å². The molecule has 0 N–H and O–H groups in total. The molecular weight excluding hydrogens is 462 g/mol. The number of aromatic nitrogens is 4. The molecule has 0 bridgehead atoms. The van der Waals surface area contributed by atoms with Gasteiger partial charge in [0, 0.05) is 36.5 Å². The van der Waals surface area contributed by atoms with Gasteiger partial charge in [-0.05, 0) is 38.1 Å². The standard InChI is InChI=1S/C26H29N5O5/c1-16-23-26(36-20-14-21(32-3)24(34-5)22(15-20)33-4)28-25(29-31(23)17(2)27-16)18-6-8-19(9-7-18)30-10-12-35-13-11-30/h6-9,14-15H,10-13H2,1-5H3. The summed E-state index contributed by atoms with van der Waals surface area (Å²) in [6.07, 6.45) is 0. The van der Waals surface area contributed by atoms with Gasteiger partial charge in [-0.3, -0.25) is 0 Å². The van der Waals surface area contributed by atoms with Crippen molar-refractivity contribution < 1.29 is 23.7 Å². The Morgan fingerprint density at radius 1 is 0.861 bits per heavy atom. The van der Waals surface area contributed by atoms with Gasteiger partial charge in [-0.1, -0.05) is 0 Å². The van der Waals surface area contributed by atoms with E-state index < -0.39 is 0 Å². The second-order valence-corrected chi connectivity index (χ2v) is 8.35. The first-order valence-corrected chi connectivity index (χ1v) is 11.7. The van der Waals surface area contributed by atoms with E-state index >= 15 is 0 Å². The summed E-state index contributed by atoms with van der Waals surface area (Å²) in [7, 11) is 4.68. The van der Waals surface area contributed by atoms with Crippen LogP contribution in [0.4, 0.5) is 5.69 Å². The minimum Gasteiger partial charge on any atom is -0.493 e. The molecule has 5 rings (SSSR count). The molecule has 0 radical (unpaired) electrons. The lowest BCUT2D eigenvalue weighted by molar-refractivity contribution is 0.122. The number of anilines is 1. The molecule has 10 heteroatoms. The van der Waals surface area contributed by atoms with E-state index in [0.717, 1.165) is 49.1 Å². The first-order valence-electron chi connectivity index (χ1n) is 11.7. The van der Waals surface area contributed by atoms with Crippen LogP contribution in [0.3, 0.4) is 0 Å². The van der Waals surface area contributed by atoms with Crippen LogP contribution in [0.25, 0.3) is 16.9 Å². The molecule has 0 spiro atoms. The van der Waals surface area contributed by atoms with Crippen LogP contribution in [0.15, 0.2) is 36.4 Å². The monoisotopic (exact) mass is 491 g/mol. The molecule has 3 heterocycles. The second-order valence-electron chi connectivity index (χ2n) is 8.35. The number of aryl methyl sites for hydroxylation is 2. The molecule has 0 unspecified atom stereocenters. The Morgan fingerprint density at radius 3 is 2.14 bits per heavy atom. The van der Waals surface area contributed by atoms with E-state index in [9.17, 15) is 0 Å². The van der Waals surface area contributed by atoms with E-state index in [1.807, 2.05) is 26.0 Å². The maximum atomic E-state index is 6.30. The van der Waals surface area contributed by atoms with Crippen molar-refractivity contribution in [2.45, 2.75) is 13.8 Å². The van der Waals surface area contributed by atoms with Crippen molar-refractivity contribution in [3.8, 4) is 40.3 Å². The van der Waals surface area contributed by atoms with Crippen LogP contribution in [-0.2, 0) is 4.74 Å². The van der Waals surface area contributed by atoms with E-state index in [0.29, 0.717) is 40.2 Å². The number of benzene rings is 2. The van der Waals surface area contributed by atoms with Crippen LogP contribution in [0.2, 0.25) is 0 Å². The molecule has 0 amide bonds. The van der Waals surface area contributed by atoms with Gasteiger partial charge in [0.1, 0.15) is 11.6 Å². The van der Waals surface area contributed by atoms with Gasteiger partial charge in [0.05, 0.1) is 40.2 Å². The number of methoxy groups -OCH3 is 3. The molecule has 1 fully saturated rings. The van der Waals surface area contributed by atoms with Crippen molar-refractivity contribution in [1.82, 2.24) is 19.6 Å². The summed E-state index contributed by atoms with van der Waals surface area (Å²) in [6.45, 7) is 7.04. The molecule has 0 saturated carbocycles. The van der Waals surface area contributed by atoms with E-state index in [1.54, 1.807) is 38.0 Å². The third-order valence-corrected chi connectivity index (χ3v) is 6.15. The first-order chi connectivity index (χ1) is 17.5. The van der Waals surface area contributed by atoms with Crippen molar-refractivity contribution >= 4 is 11.2 Å². The van der Waals surface area contributed by atoms with E-state index in [4.69, 9.17) is 33.8 Å². The number of ether oxygens (including phenoxy) is 5. The molecule has 188 valence electrons. The zero-order valence-electron chi connectivity index (χ0n) is 21.1. The third kappa shape index (κ3) is 4.35. The van der Waals surface area contributed by atoms with Gasteiger partial charge < -0.3 is 28.6 Å². The lowest BCUT2D eigenvalue weighted by atomic mass is 10.1. The smallest absolute Gasteiger partial charge is 0.249 e. The highest BCUT2D eigenvalue weighted by Gasteiger charge is 2.20. The topological polar surface area (TPSA) is 92.5 Å². The minimum absolute atomic E-state index is 0.379. The molecule has 1 saturated heterocycles. The van der Waals surface area contributed by atoms with Crippen molar-refractivity contribution in [2.75, 3.05) is 52.5 Å². The van der Waals surface area contributed by atoms with Crippen LogP contribution in [0, 0.1) is 13.8 Å². The normalized spacial score (nSPS) is 13.6. The Balaban J connectivity index is 1.56. The fourth-order valence-corrected chi connectivity index (χ4v) is 4.36. The fourth-order valence-electron chi connectivity index (χ4n) is 4.36. The predicted molar refractivity (Wildman–Crippen MR) is 135 cm³/mol. The predicted octanol–water partition coefficient (Wildman–Crippen LogP) is 4.06. The number of rotatable bonds is 7. The summed E-state index contributed by atoms with van der Waals surface area (Å²) in [6, 6.07) is 11.7. The summed E-state index contributed by atoms with van der Waals surface area (Å²) < 4.78 is 29.9. The highest BCUT2D eigenvalue weighted by Crippen LogP contribution is 2.42. The van der Waals surface area contributed by atoms with Gasteiger partial charge >= 0.3 is 0 Å². The quantitative estimate of drug-likeness (QED) is 0.379. The maximum Gasteiger partial charge on any atom is 0.249 e. The van der Waals surface area contributed by atoms with Gasteiger partial charge in [0.2, 0.25) is 11.6 Å². The number of nitrogens with zero attached hydrogens (tertiary/aromatic N) is 5. The summed E-state index contributed by atoms with van der Waals surface area (Å²) >= 11 is 0. The molecular formula is C26H29N5O5. The number of morpholine rings is 1. The Bertz CT molecular complexity index is 1350. The van der Waals surface area contributed by atoms with Crippen molar-refractivity contribution in [3.63, 3.8) is 0 Å². The van der Waals surface area contributed by atoms with Crippen LogP contribution in [0.5, 0.6) is 28.9 Å². The number of hydrogen-bond acceptors (Lipinski definition) is 9. The van der Waals surface area contributed by atoms with E-state index in [-0.39, 0.29) is 0 Å². The van der Waals surface area contributed by atoms with Crippen molar-refractivity contribution in [3.05, 3.63) is 47.9 Å². The first kappa shape index (κ1) is 23.7. The van der Waals surface area contributed by atoms with E-state index in [2.05, 4.69) is 22.0 Å². The average Bonchev–Trinajstić information content (AvgIpc) is 3.21. The molecule has 36 heavy (non-hydrogen) atoms. The molecule has 0 atom stereocenters. The molecule has 2 aromatic carbocycles. The molecule has 1 aliphatic rings. The molecule has 4 aromatic rings. The fraction of sp³-hybridized carbons (Fsp3) is 0.346. The second kappa shape index (κ2) is 9.90.